The Hall–Kier alpha value is -0.100. The lowest BCUT2D eigenvalue weighted by Gasteiger charge is -2.23. The molecule has 0 spiro atoms. The van der Waals surface area contributed by atoms with Crippen molar-refractivity contribution in [2.75, 3.05) is 6.61 Å². The summed E-state index contributed by atoms with van der Waals surface area (Å²) in [7, 11) is 0. The standard InChI is InChI=1S/C10H16O4S/c1-10(2)13-5-6(14-10)9(12)7-3-4-8(11)15-7/h6-7,9,12H,3-5H2,1-2H3/t6-,7-,9-/m1/s1. The van der Waals surface area contributed by atoms with E-state index in [9.17, 15) is 9.90 Å². The zero-order chi connectivity index (χ0) is 11.1. The number of hydrogen-bond donors (Lipinski definition) is 1. The summed E-state index contributed by atoms with van der Waals surface area (Å²) in [5.41, 5.74) is 0. The molecule has 0 bridgehead atoms. The third-order valence-electron chi connectivity index (χ3n) is 2.71. The fourth-order valence-electron chi connectivity index (χ4n) is 1.91. The summed E-state index contributed by atoms with van der Waals surface area (Å²) in [5, 5.41) is 10.2. The van der Waals surface area contributed by atoms with E-state index in [1.165, 1.54) is 11.8 Å². The van der Waals surface area contributed by atoms with Gasteiger partial charge in [-0.2, -0.15) is 0 Å². The fraction of sp³-hybridized carbons (Fsp3) is 0.900. The zero-order valence-electron chi connectivity index (χ0n) is 8.93. The first-order valence-corrected chi connectivity index (χ1v) is 6.05. The van der Waals surface area contributed by atoms with Crippen molar-refractivity contribution in [3.05, 3.63) is 0 Å². The number of ether oxygens (including phenoxy) is 2. The Kier molecular flexibility index (Phi) is 3.07. The van der Waals surface area contributed by atoms with Crippen LogP contribution in [0.2, 0.25) is 0 Å². The van der Waals surface area contributed by atoms with E-state index in [1.54, 1.807) is 0 Å². The Morgan fingerprint density at radius 3 is 2.80 bits per heavy atom. The second-order valence-electron chi connectivity index (χ2n) is 4.42. The second-order valence-corrected chi connectivity index (χ2v) is 5.72. The molecule has 2 aliphatic heterocycles. The topological polar surface area (TPSA) is 55.8 Å². The summed E-state index contributed by atoms with van der Waals surface area (Å²) in [4.78, 5) is 11.1. The zero-order valence-corrected chi connectivity index (χ0v) is 9.75. The van der Waals surface area contributed by atoms with Gasteiger partial charge in [-0.1, -0.05) is 11.8 Å². The van der Waals surface area contributed by atoms with Crippen LogP contribution in [0.5, 0.6) is 0 Å². The van der Waals surface area contributed by atoms with E-state index in [0.717, 1.165) is 6.42 Å². The van der Waals surface area contributed by atoms with E-state index >= 15 is 0 Å². The predicted octanol–water partition coefficient (Wildman–Crippen LogP) is 0.921. The Labute approximate surface area is 93.3 Å². The lowest BCUT2D eigenvalue weighted by molar-refractivity contribution is -0.150. The number of aliphatic hydroxyl groups is 1. The van der Waals surface area contributed by atoms with Gasteiger partial charge in [-0.25, -0.2) is 0 Å². The van der Waals surface area contributed by atoms with Crippen LogP contribution in [0.25, 0.3) is 0 Å². The van der Waals surface area contributed by atoms with Crippen molar-refractivity contribution >= 4 is 16.9 Å². The minimum atomic E-state index is -0.612. The monoisotopic (exact) mass is 232 g/mol. The number of carbonyl (C=O) groups excluding carboxylic acids is 1. The summed E-state index contributed by atoms with van der Waals surface area (Å²) in [6.45, 7) is 4.05. The average molecular weight is 232 g/mol. The summed E-state index contributed by atoms with van der Waals surface area (Å²) < 4.78 is 10.9. The number of aliphatic hydroxyl groups excluding tert-OH is 1. The van der Waals surface area contributed by atoms with Crippen LogP contribution in [0.15, 0.2) is 0 Å². The largest absolute Gasteiger partial charge is 0.389 e. The van der Waals surface area contributed by atoms with Gasteiger partial charge >= 0.3 is 0 Å². The fourth-order valence-corrected chi connectivity index (χ4v) is 3.03. The molecule has 3 atom stereocenters. The van der Waals surface area contributed by atoms with Crippen molar-refractivity contribution in [2.24, 2.45) is 0 Å². The number of hydrogen-bond acceptors (Lipinski definition) is 5. The van der Waals surface area contributed by atoms with Gasteiger partial charge in [0.25, 0.3) is 0 Å². The first-order valence-electron chi connectivity index (χ1n) is 5.17. The minimum Gasteiger partial charge on any atom is -0.389 e. The maximum Gasteiger partial charge on any atom is 0.189 e. The maximum absolute atomic E-state index is 11.1. The van der Waals surface area contributed by atoms with E-state index in [2.05, 4.69) is 0 Å². The van der Waals surface area contributed by atoms with E-state index < -0.39 is 11.9 Å². The van der Waals surface area contributed by atoms with Gasteiger partial charge in [-0.15, -0.1) is 0 Å². The normalized spacial score (nSPS) is 37.1. The van der Waals surface area contributed by atoms with Gasteiger partial charge < -0.3 is 14.6 Å². The van der Waals surface area contributed by atoms with E-state index in [4.69, 9.17) is 9.47 Å². The molecule has 2 heterocycles. The van der Waals surface area contributed by atoms with E-state index in [-0.39, 0.29) is 16.5 Å². The molecule has 2 rings (SSSR count). The van der Waals surface area contributed by atoms with Crippen molar-refractivity contribution in [2.45, 2.75) is 49.9 Å². The molecule has 2 fully saturated rings. The van der Waals surface area contributed by atoms with E-state index in [0.29, 0.717) is 13.0 Å². The Morgan fingerprint density at radius 1 is 1.60 bits per heavy atom. The van der Waals surface area contributed by atoms with Gasteiger partial charge in [0.1, 0.15) is 6.10 Å². The highest BCUT2D eigenvalue weighted by Crippen LogP contribution is 2.35. The molecule has 4 nitrogen and oxygen atoms in total. The maximum atomic E-state index is 11.1. The molecule has 2 aliphatic rings. The molecule has 5 heteroatoms. The lowest BCUT2D eigenvalue weighted by atomic mass is 10.1. The highest BCUT2D eigenvalue weighted by Gasteiger charge is 2.41. The Bertz CT molecular complexity index is 266. The Balaban J connectivity index is 1.91. The third kappa shape index (κ3) is 2.53. The van der Waals surface area contributed by atoms with Gasteiger partial charge in [-0.05, 0) is 20.3 Å². The summed E-state index contributed by atoms with van der Waals surface area (Å²) >= 11 is 1.24. The quantitative estimate of drug-likeness (QED) is 0.767. The molecule has 86 valence electrons. The van der Waals surface area contributed by atoms with Gasteiger partial charge in [0, 0.05) is 11.7 Å². The number of carbonyl (C=O) groups is 1. The van der Waals surface area contributed by atoms with Crippen molar-refractivity contribution < 1.29 is 19.4 Å². The average Bonchev–Trinajstić information content (AvgIpc) is 2.71. The molecular weight excluding hydrogens is 216 g/mol. The summed E-state index contributed by atoms with van der Waals surface area (Å²) in [6, 6.07) is 0. The van der Waals surface area contributed by atoms with Crippen molar-refractivity contribution in [1.29, 1.82) is 0 Å². The van der Waals surface area contributed by atoms with Crippen molar-refractivity contribution in [3.8, 4) is 0 Å². The molecule has 0 aromatic rings. The predicted molar refractivity (Wildman–Crippen MR) is 56.5 cm³/mol. The smallest absolute Gasteiger partial charge is 0.189 e. The lowest BCUT2D eigenvalue weighted by Crippen LogP contribution is -2.37. The molecule has 0 aromatic heterocycles. The van der Waals surface area contributed by atoms with Crippen LogP contribution in [-0.2, 0) is 14.3 Å². The molecule has 0 saturated carbocycles. The van der Waals surface area contributed by atoms with Crippen LogP contribution >= 0.6 is 11.8 Å². The van der Waals surface area contributed by atoms with Crippen LogP contribution < -0.4 is 0 Å². The second kappa shape index (κ2) is 4.05. The first-order chi connectivity index (χ1) is 6.98. The molecule has 2 saturated heterocycles. The van der Waals surface area contributed by atoms with Crippen LogP contribution in [-0.4, -0.2) is 40.1 Å². The molecular formula is C10H16O4S. The van der Waals surface area contributed by atoms with E-state index in [1.807, 2.05) is 13.8 Å². The van der Waals surface area contributed by atoms with Gasteiger partial charge in [0.05, 0.1) is 12.7 Å². The van der Waals surface area contributed by atoms with Crippen LogP contribution in [0, 0.1) is 0 Å². The summed E-state index contributed by atoms with van der Waals surface area (Å²) in [6.07, 6.45) is 0.389. The number of thioether (sulfide) groups is 1. The third-order valence-corrected chi connectivity index (χ3v) is 3.99. The van der Waals surface area contributed by atoms with Crippen LogP contribution in [0.3, 0.4) is 0 Å². The molecule has 0 aliphatic carbocycles. The minimum absolute atomic E-state index is 0.0278. The highest BCUT2D eigenvalue weighted by molar-refractivity contribution is 8.14. The molecule has 1 N–H and O–H groups in total. The van der Waals surface area contributed by atoms with Gasteiger partial charge in [0.2, 0.25) is 0 Å². The molecule has 15 heavy (non-hydrogen) atoms. The first kappa shape index (κ1) is 11.4. The van der Waals surface area contributed by atoms with Crippen molar-refractivity contribution in [1.82, 2.24) is 0 Å². The van der Waals surface area contributed by atoms with Gasteiger partial charge in [-0.3, -0.25) is 4.79 Å². The molecule has 0 amide bonds. The molecule has 0 radical (unpaired) electrons. The van der Waals surface area contributed by atoms with Crippen molar-refractivity contribution in [3.63, 3.8) is 0 Å². The van der Waals surface area contributed by atoms with Crippen LogP contribution in [0.4, 0.5) is 0 Å². The molecule has 0 unspecified atom stereocenters. The SMILES string of the molecule is CC1(C)OC[C@H]([C@@H](O)[C@H]2CCC(=O)S2)O1. The Morgan fingerprint density at radius 2 is 2.33 bits per heavy atom. The highest BCUT2D eigenvalue weighted by atomic mass is 32.2. The molecule has 0 aromatic carbocycles. The summed E-state index contributed by atoms with van der Waals surface area (Å²) in [5.74, 6) is -0.612. The van der Waals surface area contributed by atoms with Crippen LogP contribution in [0.1, 0.15) is 26.7 Å². The van der Waals surface area contributed by atoms with Gasteiger partial charge in [0.15, 0.2) is 10.9 Å². The number of rotatable bonds is 2.